The van der Waals surface area contributed by atoms with Crippen molar-refractivity contribution in [1.82, 2.24) is 0 Å². The lowest BCUT2D eigenvalue weighted by Crippen LogP contribution is -2.06. The molecule has 0 aliphatic rings. The third-order valence-corrected chi connectivity index (χ3v) is 2.64. The summed E-state index contributed by atoms with van der Waals surface area (Å²) in [7, 11) is 0. The lowest BCUT2D eigenvalue weighted by molar-refractivity contribution is -0.385. The average Bonchev–Trinajstić information content (AvgIpc) is 2.27. The highest BCUT2D eigenvalue weighted by Crippen LogP contribution is 2.23. The molecule has 16 heavy (non-hydrogen) atoms. The molecule has 0 atom stereocenters. The topological polar surface area (TPSA) is 77.3 Å². The predicted molar refractivity (Wildman–Crippen MR) is 61.3 cm³/mol. The first kappa shape index (κ1) is 12.5. The van der Waals surface area contributed by atoms with Crippen LogP contribution in [0.25, 0.3) is 0 Å². The Hall–Kier alpha value is -1.56. The Morgan fingerprint density at radius 3 is 2.62 bits per heavy atom. The van der Waals surface area contributed by atoms with Crippen molar-refractivity contribution in [2.75, 3.05) is 5.33 Å². The van der Waals surface area contributed by atoms with Crippen LogP contribution < -0.4 is 0 Å². The van der Waals surface area contributed by atoms with Crippen LogP contribution in [0.1, 0.15) is 26.3 Å². The molecule has 0 aliphatic heterocycles. The smallest absolute Gasteiger partial charge is 0.280 e. The van der Waals surface area contributed by atoms with E-state index in [9.17, 15) is 19.7 Å². The number of aryl methyl sites for hydroxylation is 1. The van der Waals surface area contributed by atoms with Crippen LogP contribution in [0.4, 0.5) is 5.69 Å². The van der Waals surface area contributed by atoms with E-state index in [0.717, 1.165) is 0 Å². The fourth-order valence-electron chi connectivity index (χ4n) is 1.28. The fourth-order valence-corrected chi connectivity index (χ4v) is 1.58. The van der Waals surface area contributed by atoms with Crippen molar-refractivity contribution >= 4 is 33.7 Å². The number of nitrogens with zero attached hydrogens (tertiary/aromatic N) is 1. The van der Waals surface area contributed by atoms with Gasteiger partial charge in [-0.3, -0.25) is 19.7 Å². The van der Waals surface area contributed by atoms with Crippen LogP contribution in [-0.4, -0.2) is 22.3 Å². The van der Waals surface area contributed by atoms with Crippen molar-refractivity contribution in [3.05, 3.63) is 38.9 Å². The van der Waals surface area contributed by atoms with E-state index >= 15 is 0 Å². The van der Waals surface area contributed by atoms with E-state index in [1.165, 1.54) is 12.1 Å². The van der Waals surface area contributed by atoms with Crippen LogP contribution in [0.2, 0.25) is 0 Å². The molecule has 1 aromatic rings. The highest BCUT2D eigenvalue weighted by Gasteiger charge is 2.21. The zero-order chi connectivity index (χ0) is 12.3. The molecule has 6 heteroatoms. The van der Waals surface area contributed by atoms with Crippen molar-refractivity contribution in [3.8, 4) is 0 Å². The summed E-state index contributed by atoms with van der Waals surface area (Å²) >= 11 is 2.94. The zero-order valence-electron chi connectivity index (χ0n) is 8.40. The fraction of sp³-hybridized carbons (Fsp3) is 0.200. The van der Waals surface area contributed by atoms with Crippen molar-refractivity contribution in [3.63, 3.8) is 0 Å². The molecule has 1 rings (SSSR count). The second-order valence-electron chi connectivity index (χ2n) is 3.16. The molecule has 0 bridgehead atoms. The molecule has 5 nitrogen and oxygen atoms in total. The zero-order valence-corrected chi connectivity index (χ0v) is 9.98. The molecule has 0 aliphatic carbocycles. The van der Waals surface area contributed by atoms with Gasteiger partial charge in [0.2, 0.25) is 0 Å². The van der Waals surface area contributed by atoms with Crippen molar-refractivity contribution in [2.24, 2.45) is 0 Å². The van der Waals surface area contributed by atoms with E-state index < -0.39 is 10.7 Å². The van der Waals surface area contributed by atoms with Gasteiger partial charge in [-0.05, 0) is 18.6 Å². The third kappa shape index (κ3) is 2.33. The molecule has 0 radical (unpaired) electrons. The van der Waals surface area contributed by atoms with Gasteiger partial charge in [-0.25, -0.2) is 0 Å². The van der Waals surface area contributed by atoms with Gasteiger partial charge >= 0.3 is 0 Å². The Kier molecular flexibility index (Phi) is 3.89. The number of ketones is 1. The summed E-state index contributed by atoms with van der Waals surface area (Å²) in [6.07, 6.45) is 0.573. The van der Waals surface area contributed by atoms with Crippen LogP contribution in [0.5, 0.6) is 0 Å². The highest BCUT2D eigenvalue weighted by molar-refractivity contribution is 9.09. The Balaban J connectivity index is 3.48. The van der Waals surface area contributed by atoms with Gasteiger partial charge in [-0.2, -0.15) is 0 Å². The number of carbonyl (C=O) groups excluding carboxylic acids is 2. The van der Waals surface area contributed by atoms with E-state index in [0.29, 0.717) is 11.8 Å². The van der Waals surface area contributed by atoms with Gasteiger partial charge in [0.25, 0.3) is 5.69 Å². The Labute approximate surface area is 99.7 Å². The van der Waals surface area contributed by atoms with E-state index in [1.54, 1.807) is 6.92 Å². The number of nitro groups is 1. The monoisotopic (exact) mass is 285 g/mol. The van der Waals surface area contributed by atoms with Gasteiger partial charge in [-0.1, -0.05) is 15.9 Å². The first-order valence-electron chi connectivity index (χ1n) is 4.34. The van der Waals surface area contributed by atoms with E-state index in [2.05, 4.69) is 15.9 Å². The second-order valence-corrected chi connectivity index (χ2v) is 3.72. The number of rotatable bonds is 4. The normalized spacial score (nSPS) is 9.88. The standard InChI is InChI=1S/C10H8BrNO4/c1-6-2-9(12(15)16)8(10(14)4-11)3-7(6)5-13/h2-3,5H,4H2,1H3. The summed E-state index contributed by atoms with van der Waals surface area (Å²) < 4.78 is 0. The molecule has 0 spiro atoms. The van der Waals surface area contributed by atoms with E-state index in [-0.39, 0.29) is 22.1 Å². The average molecular weight is 286 g/mol. The molecule has 0 saturated carbocycles. The molecular formula is C10H8BrNO4. The summed E-state index contributed by atoms with van der Waals surface area (Å²) in [5.41, 5.74) is 0.449. The number of halogens is 1. The first-order chi connectivity index (χ1) is 7.51. The quantitative estimate of drug-likeness (QED) is 0.280. The van der Waals surface area contributed by atoms with Crippen LogP contribution in [0.15, 0.2) is 12.1 Å². The number of carbonyl (C=O) groups is 2. The molecular weight excluding hydrogens is 278 g/mol. The number of hydrogen-bond acceptors (Lipinski definition) is 4. The molecule has 84 valence electrons. The van der Waals surface area contributed by atoms with Crippen LogP contribution >= 0.6 is 15.9 Å². The van der Waals surface area contributed by atoms with Crippen molar-refractivity contribution in [1.29, 1.82) is 0 Å². The van der Waals surface area contributed by atoms with Gasteiger partial charge in [0, 0.05) is 11.6 Å². The number of aldehydes is 1. The van der Waals surface area contributed by atoms with Crippen LogP contribution in [0, 0.1) is 17.0 Å². The summed E-state index contributed by atoms with van der Waals surface area (Å²) in [6, 6.07) is 2.49. The number of nitro benzene ring substituents is 1. The molecule has 0 heterocycles. The lowest BCUT2D eigenvalue weighted by Gasteiger charge is -2.03. The maximum Gasteiger partial charge on any atom is 0.280 e. The van der Waals surface area contributed by atoms with Crippen LogP contribution in [-0.2, 0) is 0 Å². The van der Waals surface area contributed by atoms with E-state index in [1.807, 2.05) is 0 Å². The highest BCUT2D eigenvalue weighted by atomic mass is 79.9. The minimum Gasteiger partial charge on any atom is -0.298 e. The van der Waals surface area contributed by atoms with Crippen molar-refractivity contribution in [2.45, 2.75) is 6.92 Å². The Bertz CT molecular complexity index is 470. The van der Waals surface area contributed by atoms with Gasteiger partial charge in [0.15, 0.2) is 5.78 Å². The molecule has 0 fully saturated rings. The summed E-state index contributed by atoms with van der Waals surface area (Å²) in [6.45, 7) is 1.58. The second kappa shape index (κ2) is 4.98. The maximum atomic E-state index is 11.5. The largest absolute Gasteiger partial charge is 0.298 e. The van der Waals surface area contributed by atoms with Gasteiger partial charge in [0.1, 0.15) is 6.29 Å². The van der Waals surface area contributed by atoms with E-state index in [4.69, 9.17) is 0 Å². The summed E-state index contributed by atoms with van der Waals surface area (Å²) in [5.74, 6) is -0.421. The first-order valence-corrected chi connectivity index (χ1v) is 5.46. The molecule has 0 aromatic heterocycles. The molecule has 0 amide bonds. The van der Waals surface area contributed by atoms with Crippen molar-refractivity contribution < 1.29 is 14.5 Å². The Morgan fingerprint density at radius 2 is 2.19 bits per heavy atom. The van der Waals surface area contributed by atoms with Gasteiger partial charge in [0.05, 0.1) is 15.8 Å². The Morgan fingerprint density at radius 1 is 1.56 bits per heavy atom. The molecule has 0 saturated heterocycles. The SMILES string of the molecule is Cc1cc([N+](=O)[O-])c(C(=O)CBr)cc1C=O. The maximum absolute atomic E-state index is 11.5. The molecule has 1 aromatic carbocycles. The minimum atomic E-state index is -0.628. The predicted octanol–water partition coefficient (Wildman–Crippen LogP) is 2.29. The molecule has 0 N–H and O–H groups in total. The number of benzene rings is 1. The summed E-state index contributed by atoms with van der Waals surface area (Å²) in [5, 5.41) is 10.7. The number of alkyl halides is 1. The lowest BCUT2D eigenvalue weighted by atomic mass is 10.0. The minimum absolute atomic E-state index is 0.0187. The van der Waals surface area contributed by atoms with Gasteiger partial charge in [-0.15, -0.1) is 0 Å². The number of hydrogen-bond donors (Lipinski definition) is 0. The third-order valence-electron chi connectivity index (χ3n) is 2.13. The number of Topliss-reactive ketones (excluding diaryl/α,β-unsaturated/α-hetero) is 1. The van der Waals surface area contributed by atoms with Gasteiger partial charge < -0.3 is 0 Å². The summed E-state index contributed by atoms with van der Waals surface area (Å²) in [4.78, 5) is 32.2. The molecule has 0 unspecified atom stereocenters. The van der Waals surface area contributed by atoms with Crippen LogP contribution in [0.3, 0.4) is 0 Å².